The fraction of sp³-hybridized carbons (Fsp3) is 0.240. The molecule has 0 aliphatic carbocycles. The van der Waals surface area contributed by atoms with Gasteiger partial charge in [-0.1, -0.05) is 17.3 Å². The van der Waals surface area contributed by atoms with Crippen LogP contribution in [0.4, 0.5) is 29.3 Å². The third-order valence-corrected chi connectivity index (χ3v) is 6.80. The monoisotopic (exact) mass is 465 g/mol. The third-order valence-electron chi connectivity index (χ3n) is 6.80. The number of aromatic nitrogens is 2. The normalized spacial score (nSPS) is 16.2. The van der Waals surface area contributed by atoms with E-state index in [4.69, 9.17) is 4.52 Å². The topological polar surface area (TPSA) is 68.0 Å². The minimum atomic E-state index is -4.53. The number of carbonyl (C=O) groups is 1. The van der Waals surface area contributed by atoms with Crippen molar-refractivity contribution in [3.8, 4) is 22.3 Å². The van der Waals surface area contributed by atoms with Gasteiger partial charge in [0.25, 0.3) is 0 Å². The van der Waals surface area contributed by atoms with Crippen LogP contribution in [0.2, 0.25) is 0 Å². The number of hydrogen-bond acceptors (Lipinski definition) is 4. The average Bonchev–Trinajstić information content (AvgIpc) is 3.44. The number of pyridine rings is 1. The van der Waals surface area contributed by atoms with Gasteiger partial charge in [0.15, 0.2) is 5.69 Å². The van der Waals surface area contributed by atoms with E-state index in [9.17, 15) is 18.0 Å². The van der Waals surface area contributed by atoms with Gasteiger partial charge in [-0.05, 0) is 56.2 Å². The molecule has 1 N–H and O–H groups in total. The number of halogens is 3. The second kappa shape index (κ2) is 6.66. The number of hydrogen-bond donors (Lipinski definition) is 1. The number of aryl methyl sites for hydroxylation is 3. The molecule has 1 fully saturated rings. The van der Waals surface area contributed by atoms with Crippen LogP contribution in [0.25, 0.3) is 33.2 Å². The number of benzene rings is 2. The van der Waals surface area contributed by atoms with E-state index in [2.05, 4.69) is 15.5 Å². The van der Waals surface area contributed by atoms with Crippen molar-refractivity contribution in [1.82, 2.24) is 14.6 Å². The summed E-state index contributed by atoms with van der Waals surface area (Å²) < 4.78 is 45.5. The summed E-state index contributed by atoms with van der Waals surface area (Å²) in [6.07, 6.45) is -4.53. The van der Waals surface area contributed by atoms with Crippen LogP contribution in [0, 0.1) is 20.8 Å². The van der Waals surface area contributed by atoms with Crippen molar-refractivity contribution in [2.75, 3.05) is 18.4 Å². The number of nitrogens with zero attached hydrogens (tertiary/aromatic N) is 3. The van der Waals surface area contributed by atoms with Crippen molar-refractivity contribution in [2.24, 2.45) is 0 Å². The number of quaternary nitrogens is 1. The number of alkyl halides is 3. The maximum absolute atomic E-state index is 13.3. The van der Waals surface area contributed by atoms with E-state index in [1.807, 2.05) is 32.9 Å². The first-order valence-corrected chi connectivity index (χ1v) is 10.9. The van der Waals surface area contributed by atoms with Crippen molar-refractivity contribution in [3.05, 3.63) is 59.1 Å². The van der Waals surface area contributed by atoms with Crippen molar-refractivity contribution >= 4 is 28.3 Å². The second-order valence-electron chi connectivity index (χ2n) is 8.98. The first kappa shape index (κ1) is 20.9. The van der Waals surface area contributed by atoms with Gasteiger partial charge in [-0.15, -0.1) is 0 Å². The molecule has 4 aromatic rings. The Morgan fingerprint density at radius 2 is 1.79 bits per heavy atom. The number of amides is 2. The Morgan fingerprint density at radius 1 is 1.03 bits per heavy atom. The molecule has 2 aromatic carbocycles. The number of urea groups is 1. The van der Waals surface area contributed by atoms with Crippen LogP contribution in [0.3, 0.4) is 0 Å². The van der Waals surface area contributed by atoms with Crippen LogP contribution in [0.5, 0.6) is 0 Å². The van der Waals surface area contributed by atoms with Crippen molar-refractivity contribution < 1.29 is 22.5 Å². The minimum Gasteiger partial charge on any atom is -0.361 e. The summed E-state index contributed by atoms with van der Waals surface area (Å²) >= 11 is 0. The van der Waals surface area contributed by atoms with Gasteiger partial charge in [0, 0.05) is 22.1 Å². The molecule has 9 heteroatoms. The van der Waals surface area contributed by atoms with E-state index in [0.29, 0.717) is 29.9 Å². The van der Waals surface area contributed by atoms with Crippen LogP contribution < -0.4 is 9.80 Å². The molecule has 2 aromatic heterocycles. The fourth-order valence-electron chi connectivity index (χ4n) is 5.10. The molecule has 0 bridgehead atoms. The van der Waals surface area contributed by atoms with Gasteiger partial charge in [0.05, 0.1) is 11.2 Å². The summed E-state index contributed by atoms with van der Waals surface area (Å²) in [5, 5.41) is 7.68. The van der Waals surface area contributed by atoms with Crippen LogP contribution in [0.1, 0.15) is 22.7 Å². The maximum atomic E-state index is 13.3. The van der Waals surface area contributed by atoms with Gasteiger partial charge >= 0.3 is 12.2 Å². The molecule has 1 spiro atoms. The third kappa shape index (κ3) is 2.83. The zero-order chi connectivity index (χ0) is 24.0. The summed E-state index contributed by atoms with van der Waals surface area (Å²) in [5.41, 5.74) is 5.68. The van der Waals surface area contributed by atoms with Crippen LogP contribution in [0.15, 0.2) is 40.9 Å². The Hall–Kier alpha value is -3.72. The predicted molar refractivity (Wildman–Crippen MR) is 122 cm³/mol. The van der Waals surface area contributed by atoms with Crippen LogP contribution in [-0.4, -0.2) is 29.3 Å². The van der Waals surface area contributed by atoms with Crippen molar-refractivity contribution in [3.63, 3.8) is 0 Å². The number of fused-ring (bicyclic) bond motifs is 3. The number of carbonyl (C=O) groups excluding carboxylic acids is 1. The molecule has 34 heavy (non-hydrogen) atoms. The molecular formula is C25H20F3N4O2+. The van der Waals surface area contributed by atoms with Gasteiger partial charge in [0.1, 0.15) is 30.2 Å². The summed E-state index contributed by atoms with van der Waals surface area (Å²) in [7, 11) is 0. The van der Waals surface area contributed by atoms with E-state index < -0.39 is 11.9 Å². The van der Waals surface area contributed by atoms with Crippen LogP contribution in [-0.2, 0) is 6.18 Å². The molecule has 4 heterocycles. The van der Waals surface area contributed by atoms with Gasteiger partial charge in [-0.2, -0.15) is 17.7 Å². The van der Waals surface area contributed by atoms with E-state index in [0.717, 1.165) is 45.3 Å². The predicted octanol–water partition coefficient (Wildman–Crippen LogP) is 6.37. The Kier molecular flexibility index (Phi) is 4.09. The van der Waals surface area contributed by atoms with Crippen molar-refractivity contribution in [1.29, 1.82) is 0 Å². The summed E-state index contributed by atoms with van der Waals surface area (Å²) in [6, 6.07) is 9.68. The maximum Gasteiger partial charge on any atom is 0.433 e. The lowest BCUT2D eigenvalue weighted by Gasteiger charge is -2.17. The standard InChI is InChI=1S/C25H19F3N4O2/c1-12-4-6-18-16(5-7-20(29-18)25(26,27)28)21(12)17-10-15(22-13(2)31-34-14(22)3)11-19-23(17)32(8-9-32)24(33)30-19/h4-7,10-11H,8-9H2,1-3H3/p+1. The molecule has 1 saturated heterocycles. The van der Waals surface area contributed by atoms with Gasteiger partial charge < -0.3 is 4.52 Å². The molecule has 0 radical (unpaired) electrons. The Labute approximate surface area is 192 Å². The average molecular weight is 465 g/mol. The molecule has 2 aliphatic heterocycles. The molecule has 2 amide bonds. The molecule has 2 aliphatic rings. The zero-order valence-electron chi connectivity index (χ0n) is 18.7. The van der Waals surface area contributed by atoms with E-state index in [-0.39, 0.29) is 16.0 Å². The molecule has 0 unspecified atom stereocenters. The molecule has 6 rings (SSSR count). The SMILES string of the molecule is Cc1ccc2nc(C(F)(F)F)ccc2c1-c1cc(-c2c(C)noc2C)cc2c1[N+]1(CC1)C(=O)N2. The molecular weight excluding hydrogens is 445 g/mol. The highest BCUT2D eigenvalue weighted by Crippen LogP contribution is 2.53. The Bertz CT molecular complexity index is 1510. The first-order valence-electron chi connectivity index (χ1n) is 10.9. The lowest BCUT2D eigenvalue weighted by atomic mass is 9.90. The highest BCUT2D eigenvalue weighted by molar-refractivity contribution is 6.16. The van der Waals surface area contributed by atoms with Crippen LogP contribution >= 0.6 is 0 Å². The quantitative estimate of drug-likeness (QED) is 0.276. The largest absolute Gasteiger partial charge is 0.433 e. The lowest BCUT2D eigenvalue weighted by Crippen LogP contribution is -2.31. The first-order chi connectivity index (χ1) is 16.1. The van der Waals surface area contributed by atoms with E-state index >= 15 is 0 Å². The van der Waals surface area contributed by atoms with E-state index in [1.54, 1.807) is 12.1 Å². The molecule has 172 valence electrons. The summed E-state index contributed by atoms with van der Waals surface area (Å²) in [5.74, 6) is 0.648. The molecule has 6 nitrogen and oxygen atoms in total. The summed E-state index contributed by atoms with van der Waals surface area (Å²) in [4.78, 5) is 16.8. The minimum absolute atomic E-state index is 0.0949. The Balaban J connectivity index is 1.68. The Morgan fingerprint density at radius 3 is 2.44 bits per heavy atom. The molecule has 0 saturated carbocycles. The molecule has 0 atom stereocenters. The van der Waals surface area contributed by atoms with Gasteiger partial charge in [-0.3, -0.25) is 5.32 Å². The van der Waals surface area contributed by atoms with Gasteiger partial charge in [0.2, 0.25) is 0 Å². The number of nitrogens with one attached hydrogen (secondary N) is 1. The van der Waals surface area contributed by atoms with Crippen molar-refractivity contribution in [2.45, 2.75) is 26.9 Å². The highest BCUT2D eigenvalue weighted by atomic mass is 19.4. The van der Waals surface area contributed by atoms with E-state index in [1.165, 1.54) is 6.07 Å². The number of anilines is 1. The number of rotatable bonds is 2. The smallest absolute Gasteiger partial charge is 0.361 e. The lowest BCUT2D eigenvalue weighted by molar-refractivity contribution is -0.140. The summed E-state index contributed by atoms with van der Waals surface area (Å²) in [6.45, 7) is 6.94. The fourth-order valence-corrected chi connectivity index (χ4v) is 5.10. The second-order valence-corrected chi connectivity index (χ2v) is 8.98. The van der Waals surface area contributed by atoms with Gasteiger partial charge in [-0.25, -0.2) is 9.78 Å². The highest BCUT2D eigenvalue weighted by Gasteiger charge is 2.59. The zero-order valence-corrected chi connectivity index (χ0v) is 18.7.